The highest BCUT2D eigenvalue weighted by Gasteiger charge is 2.25. The summed E-state index contributed by atoms with van der Waals surface area (Å²) in [6, 6.07) is 7.01. The van der Waals surface area contributed by atoms with Crippen molar-refractivity contribution in [3.05, 3.63) is 45.6 Å². The van der Waals surface area contributed by atoms with Crippen molar-refractivity contribution in [2.45, 2.75) is 75.6 Å². The van der Waals surface area contributed by atoms with Crippen molar-refractivity contribution in [2.75, 3.05) is 0 Å². The molecule has 1 aromatic heterocycles. The molecule has 0 saturated heterocycles. The number of hydrogen-bond donors (Lipinski definition) is 1. The van der Waals surface area contributed by atoms with Gasteiger partial charge in [0.2, 0.25) is 9.84 Å². The van der Waals surface area contributed by atoms with Gasteiger partial charge in [-0.3, -0.25) is 0 Å². The van der Waals surface area contributed by atoms with E-state index in [4.69, 9.17) is 0 Å². The second kappa shape index (κ2) is 9.04. The zero-order valence-corrected chi connectivity index (χ0v) is 17.8. The van der Waals surface area contributed by atoms with Gasteiger partial charge in [-0.15, -0.1) is 0 Å². The Morgan fingerprint density at radius 1 is 0.960 bits per heavy atom. The maximum atomic E-state index is 12.9. The lowest BCUT2D eigenvalue weighted by Gasteiger charge is -2.05. The molecule has 0 spiro atoms. The van der Waals surface area contributed by atoms with Crippen LogP contribution in [0.3, 0.4) is 0 Å². The zero-order chi connectivity index (χ0) is 18.4. The Bertz CT molecular complexity index is 792. The maximum Gasteiger partial charge on any atom is 0.222 e. The first kappa shape index (κ1) is 20.2. The summed E-state index contributed by atoms with van der Waals surface area (Å²) in [7, 11) is -3.52. The molecule has 0 amide bonds. The number of aryl methyl sites for hydroxylation is 1. The van der Waals surface area contributed by atoms with Gasteiger partial charge >= 0.3 is 0 Å². The van der Waals surface area contributed by atoms with E-state index in [-0.39, 0.29) is 0 Å². The van der Waals surface area contributed by atoms with Crippen LogP contribution in [0.1, 0.15) is 62.1 Å². The molecule has 0 fully saturated rings. The Balaban J connectivity index is 2.14. The number of nitrogens with one attached hydrogen (secondary N) is 1. The Morgan fingerprint density at radius 2 is 1.56 bits per heavy atom. The molecule has 2 aromatic rings. The summed E-state index contributed by atoms with van der Waals surface area (Å²) in [6.07, 6.45) is 8.27. The first-order valence-corrected chi connectivity index (χ1v) is 11.3. The number of aromatic amines is 1. The topological polar surface area (TPSA) is 49.9 Å². The van der Waals surface area contributed by atoms with Crippen molar-refractivity contribution >= 4 is 25.8 Å². The van der Waals surface area contributed by atoms with Gasteiger partial charge in [-0.05, 0) is 65.9 Å². The highest BCUT2D eigenvalue weighted by molar-refractivity contribution is 9.10. The fraction of sp³-hybridized carbons (Fsp3) is 0.500. The monoisotopic (exact) mass is 425 g/mol. The maximum absolute atomic E-state index is 12.9. The van der Waals surface area contributed by atoms with E-state index < -0.39 is 9.84 Å². The molecule has 2 rings (SSSR count). The van der Waals surface area contributed by atoms with Crippen molar-refractivity contribution in [3.63, 3.8) is 0 Å². The van der Waals surface area contributed by atoms with Gasteiger partial charge in [0, 0.05) is 0 Å². The van der Waals surface area contributed by atoms with Crippen LogP contribution in [0.5, 0.6) is 0 Å². The smallest absolute Gasteiger partial charge is 0.222 e. The van der Waals surface area contributed by atoms with Gasteiger partial charge in [0.05, 0.1) is 9.50 Å². The van der Waals surface area contributed by atoms with Crippen LogP contribution in [0.2, 0.25) is 0 Å². The van der Waals surface area contributed by atoms with Crippen LogP contribution in [0.25, 0.3) is 0 Å². The summed E-state index contributed by atoms with van der Waals surface area (Å²) in [5, 5.41) is 0.309. The minimum atomic E-state index is -3.52. The summed E-state index contributed by atoms with van der Waals surface area (Å²) in [4.78, 5) is 3.39. The molecule has 0 saturated carbocycles. The van der Waals surface area contributed by atoms with Gasteiger partial charge in [-0.2, -0.15) is 0 Å². The van der Waals surface area contributed by atoms with Gasteiger partial charge in [0.1, 0.15) is 5.03 Å². The Kier molecular flexibility index (Phi) is 7.32. The highest BCUT2D eigenvalue weighted by Crippen LogP contribution is 2.31. The largest absolute Gasteiger partial charge is 0.340 e. The Labute approximate surface area is 160 Å². The van der Waals surface area contributed by atoms with Crippen molar-refractivity contribution in [1.29, 1.82) is 0 Å². The van der Waals surface area contributed by atoms with Crippen LogP contribution in [0.4, 0.5) is 0 Å². The van der Waals surface area contributed by atoms with Crippen LogP contribution < -0.4 is 0 Å². The van der Waals surface area contributed by atoms with Crippen LogP contribution in [0.15, 0.2) is 38.8 Å². The SMILES string of the molecule is CCCCCCCCc1c(Br)[nH]c(S(=O)(=O)c2ccc(C)cc2)c1C. The van der Waals surface area contributed by atoms with Crippen molar-refractivity contribution in [1.82, 2.24) is 4.98 Å². The Hall–Kier alpha value is -1.07. The third kappa shape index (κ3) is 4.98. The number of rotatable bonds is 9. The second-order valence-corrected chi connectivity index (χ2v) is 9.39. The molecule has 138 valence electrons. The normalized spacial score (nSPS) is 11.8. The van der Waals surface area contributed by atoms with Crippen molar-refractivity contribution in [3.8, 4) is 0 Å². The third-order valence-corrected chi connectivity index (χ3v) is 7.18. The van der Waals surface area contributed by atoms with Crippen LogP contribution in [0, 0.1) is 13.8 Å². The molecule has 0 aliphatic rings. The van der Waals surface area contributed by atoms with E-state index in [1.54, 1.807) is 12.1 Å². The molecule has 0 atom stereocenters. The summed E-state index contributed by atoms with van der Waals surface area (Å²) < 4.78 is 26.7. The first-order valence-electron chi connectivity index (χ1n) is 9.06. The van der Waals surface area contributed by atoms with Gasteiger partial charge in [0.15, 0.2) is 0 Å². The number of H-pyrrole nitrogens is 1. The minimum absolute atomic E-state index is 0.309. The Morgan fingerprint density at radius 3 is 2.20 bits per heavy atom. The van der Waals surface area contributed by atoms with Crippen LogP contribution >= 0.6 is 15.9 Å². The molecule has 25 heavy (non-hydrogen) atoms. The first-order chi connectivity index (χ1) is 11.9. The second-order valence-electron chi connectivity index (χ2n) is 6.71. The van der Waals surface area contributed by atoms with Gasteiger partial charge in [0.25, 0.3) is 0 Å². The fourth-order valence-corrected chi connectivity index (χ4v) is 5.37. The predicted molar refractivity (Wildman–Crippen MR) is 107 cm³/mol. The summed E-state index contributed by atoms with van der Waals surface area (Å²) in [6.45, 7) is 6.07. The predicted octanol–water partition coefficient (Wildman–Crippen LogP) is 6.13. The average Bonchev–Trinajstić information content (AvgIpc) is 2.87. The summed E-state index contributed by atoms with van der Waals surface area (Å²) in [5.41, 5.74) is 2.97. The lowest BCUT2D eigenvalue weighted by molar-refractivity contribution is 0.592. The molecule has 0 radical (unpaired) electrons. The molecular formula is C20H28BrNO2S. The average molecular weight is 426 g/mol. The van der Waals surface area contributed by atoms with E-state index in [1.807, 2.05) is 26.0 Å². The quantitative estimate of drug-likeness (QED) is 0.491. The fourth-order valence-electron chi connectivity index (χ4n) is 3.05. The van der Waals surface area contributed by atoms with E-state index in [9.17, 15) is 8.42 Å². The molecule has 0 bridgehead atoms. The number of benzene rings is 1. The van der Waals surface area contributed by atoms with Gasteiger partial charge < -0.3 is 4.98 Å². The van der Waals surface area contributed by atoms with E-state index in [2.05, 4.69) is 27.8 Å². The lowest BCUT2D eigenvalue weighted by Crippen LogP contribution is -2.04. The summed E-state index contributed by atoms with van der Waals surface area (Å²) >= 11 is 3.52. The zero-order valence-electron chi connectivity index (χ0n) is 15.4. The highest BCUT2D eigenvalue weighted by atomic mass is 79.9. The number of hydrogen-bond acceptors (Lipinski definition) is 2. The van der Waals surface area contributed by atoms with Gasteiger partial charge in [-0.1, -0.05) is 56.7 Å². The number of aromatic nitrogens is 1. The number of sulfone groups is 1. The number of halogens is 1. The molecule has 0 unspecified atom stereocenters. The minimum Gasteiger partial charge on any atom is -0.340 e. The summed E-state index contributed by atoms with van der Waals surface area (Å²) in [5.74, 6) is 0. The molecule has 1 aromatic carbocycles. The van der Waals surface area contributed by atoms with Crippen molar-refractivity contribution in [2.24, 2.45) is 0 Å². The third-order valence-electron chi connectivity index (χ3n) is 4.66. The molecule has 1 heterocycles. The van der Waals surface area contributed by atoms with E-state index >= 15 is 0 Å². The van der Waals surface area contributed by atoms with E-state index in [0.717, 1.165) is 34.1 Å². The molecule has 1 N–H and O–H groups in total. The van der Waals surface area contributed by atoms with Gasteiger partial charge in [-0.25, -0.2) is 8.42 Å². The van der Waals surface area contributed by atoms with Crippen LogP contribution in [-0.4, -0.2) is 13.4 Å². The molecule has 3 nitrogen and oxygen atoms in total. The van der Waals surface area contributed by atoms with E-state index in [0.29, 0.717) is 9.92 Å². The van der Waals surface area contributed by atoms with Crippen molar-refractivity contribution < 1.29 is 8.42 Å². The van der Waals surface area contributed by atoms with Crippen LogP contribution in [-0.2, 0) is 16.3 Å². The standard InChI is InChI=1S/C20H28BrNO2S/c1-4-5-6-7-8-9-10-18-16(3)20(22-19(18)21)25(23,24)17-13-11-15(2)12-14-17/h11-14,22H,4-10H2,1-3H3. The molecular weight excluding hydrogens is 398 g/mol. The van der Waals surface area contributed by atoms with E-state index in [1.165, 1.54) is 32.1 Å². The molecule has 5 heteroatoms. The molecule has 0 aliphatic heterocycles. The lowest BCUT2D eigenvalue weighted by atomic mass is 10.0. The number of unbranched alkanes of at least 4 members (excludes halogenated alkanes) is 5. The molecule has 0 aliphatic carbocycles.